The second-order valence-electron chi connectivity index (χ2n) is 6.46. The highest BCUT2D eigenvalue weighted by Crippen LogP contribution is 2.30. The minimum atomic E-state index is -0.444. The van der Waals surface area contributed by atoms with Crippen molar-refractivity contribution in [3.05, 3.63) is 40.1 Å². The van der Waals surface area contributed by atoms with Gasteiger partial charge in [0.05, 0.1) is 5.69 Å². The predicted molar refractivity (Wildman–Crippen MR) is 91.3 cm³/mol. The van der Waals surface area contributed by atoms with Crippen LogP contribution in [-0.4, -0.2) is 17.9 Å². The van der Waals surface area contributed by atoms with Gasteiger partial charge in [0.1, 0.15) is 10.7 Å². The molecule has 2 amide bonds. The van der Waals surface area contributed by atoms with E-state index in [9.17, 15) is 9.59 Å². The van der Waals surface area contributed by atoms with Gasteiger partial charge in [-0.2, -0.15) is 0 Å². The number of carbonyl (C=O) groups is 2. The summed E-state index contributed by atoms with van der Waals surface area (Å²) in [5.74, 6) is -0.796. The number of halogens is 1. The molecule has 0 unspecified atom stereocenters. The summed E-state index contributed by atoms with van der Waals surface area (Å²) < 4.78 is 0. The zero-order valence-electron chi connectivity index (χ0n) is 13.5. The Hall–Kier alpha value is -1.81. The SMILES string of the molecule is Cc1cc(C)cc(N2C(=O)C(Cl)=C(NC3CCCCC3)C2=O)c1. The number of nitrogens with zero attached hydrogens (tertiary/aromatic N) is 1. The second kappa shape index (κ2) is 6.36. The zero-order valence-corrected chi connectivity index (χ0v) is 14.2. The van der Waals surface area contributed by atoms with Gasteiger partial charge in [0.15, 0.2) is 0 Å². The molecule has 1 aromatic rings. The van der Waals surface area contributed by atoms with E-state index in [4.69, 9.17) is 11.6 Å². The van der Waals surface area contributed by atoms with Crippen LogP contribution in [0.25, 0.3) is 0 Å². The molecule has 122 valence electrons. The summed E-state index contributed by atoms with van der Waals surface area (Å²) in [5.41, 5.74) is 2.84. The molecule has 0 spiro atoms. The van der Waals surface area contributed by atoms with Crippen LogP contribution in [-0.2, 0) is 9.59 Å². The molecule has 0 radical (unpaired) electrons. The van der Waals surface area contributed by atoms with Gasteiger partial charge in [-0.05, 0) is 49.9 Å². The molecule has 23 heavy (non-hydrogen) atoms. The summed E-state index contributed by atoms with van der Waals surface area (Å²) in [6.07, 6.45) is 5.54. The maximum absolute atomic E-state index is 12.7. The highest BCUT2D eigenvalue weighted by Gasteiger charge is 2.39. The Morgan fingerprint density at radius 1 is 1.00 bits per heavy atom. The first-order valence-corrected chi connectivity index (χ1v) is 8.48. The quantitative estimate of drug-likeness (QED) is 0.861. The average molecular weight is 333 g/mol. The van der Waals surface area contributed by atoms with Crippen molar-refractivity contribution >= 4 is 29.1 Å². The fourth-order valence-electron chi connectivity index (χ4n) is 3.39. The van der Waals surface area contributed by atoms with E-state index in [0.717, 1.165) is 36.8 Å². The van der Waals surface area contributed by atoms with Crippen LogP contribution in [0.3, 0.4) is 0 Å². The van der Waals surface area contributed by atoms with Gasteiger partial charge in [0.2, 0.25) is 0 Å². The molecule has 1 aliphatic carbocycles. The molecule has 1 aliphatic heterocycles. The number of carbonyl (C=O) groups excluding carboxylic acids is 2. The van der Waals surface area contributed by atoms with Gasteiger partial charge in [-0.15, -0.1) is 0 Å². The van der Waals surface area contributed by atoms with E-state index in [2.05, 4.69) is 5.32 Å². The van der Waals surface area contributed by atoms with Crippen LogP contribution in [0, 0.1) is 13.8 Å². The Morgan fingerprint density at radius 2 is 1.61 bits per heavy atom. The standard InChI is InChI=1S/C18H21ClN2O2/c1-11-8-12(2)10-14(9-11)21-17(22)15(19)16(18(21)23)20-13-6-4-3-5-7-13/h8-10,13,20H,3-7H2,1-2H3. The highest BCUT2D eigenvalue weighted by atomic mass is 35.5. The van der Waals surface area contributed by atoms with E-state index in [1.54, 1.807) is 0 Å². The number of aryl methyl sites for hydroxylation is 2. The lowest BCUT2D eigenvalue weighted by atomic mass is 9.95. The van der Waals surface area contributed by atoms with Crippen molar-refractivity contribution in [1.82, 2.24) is 5.32 Å². The topological polar surface area (TPSA) is 49.4 Å². The van der Waals surface area contributed by atoms with Crippen molar-refractivity contribution in [1.29, 1.82) is 0 Å². The van der Waals surface area contributed by atoms with Gasteiger partial charge < -0.3 is 5.32 Å². The molecule has 0 aromatic heterocycles. The second-order valence-corrected chi connectivity index (χ2v) is 6.84. The van der Waals surface area contributed by atoms with Crippen molar-refractivity contribution in [2.45, 2.75) is 52.0 Å². The maximum atomic E-state index is 12.7. The molecular weight excluding hydrogens is 312 g/mol. The normalized spacial score (nSPS) is 19.7. The molecule has 1 fully saturated rings. The smallest absolute Gasteiger partial charge is 0.283 e. The molecule has 5 heteroatoms. The molecule has 1 N–H and O–H groups in total. The van der Waals surface area contributed by atoms with Crippen LogP contribution in [0.15, 0.2) is 28.9 Å². The van der Waals surface area contributed by atoms with Crippen LogP contribution in [0.5, 0.6) is 0 Å². The largest absolute Gasteiger partial charge is 0.376 e. The van der Waals surface area contributed by atoms with E-state index < -0.39 is 5.91 Å². The van der Waals surface area contributed by atoms with Gasteiger partial charge in [-0.25, -0.2) is 4.90 Å². The lowest BCUT2D eigenvalue weighted by Crippen LogP contribution is -2.37. The molecule has 0 bridgehead atoms. The molecule has 3 rings (SSSR count). The fourth-order valence-corrected chi connectivity index (χ4v) is 3.61. The number of hydrogen-bond acceptors (Lipinski definition) is 3. The predicted octanol–water partition coefficient (Wildman–Crippen LogP) is 3.55. The Morgan fingerprint density at radius 3 is 2.22 bits per heavy atom. The van der Waals surface area contributed by atoms with E-state index in [0.29, 0.717) is 5.69 Å². The van der Waals surface area contributed by atoms with Crippen molar-refractivity contribution < 1.29 is 9.59 Å². The number of nitrogens with one attached hydrogen (secondary N) is 1. The summed E-state index contributed by atoms with van der Waals surface area (Å²) >= 11 is 6.17. The van der Waals surface area contributed by atoms with E-state index >= 15 is 0 Å². The Labute approximate surface area is 141 Å². The lowest BCUT2D eigenvalue weighted by molar-refractivity contribution is -0.120. The van der Waals surface area contributed by atoms with Crippen LogP contribution >= 0.6 is 11.6 Å². The molecule has 4 nitrogen and oxygen atoms in total. The fraction of sp³-hybridized carbons (Fsp3) is 0.444. The summed E-state index contributed by atoms with van der Waals surface area (Å²) in [6.45, 7) is 3.88. The van der Waals surface area contributed by atoms with E-state index in [1.807, 2.05) is 32.0 Å². The number of imide groups is 1. The summed E-state index contributed by atoms with van der Waals surface area (Å²) in [6, 6.07) is 5.89. The molecule has 1 saturated carbocycles. The number of anilines is 1. The van der Waals surface area contributed by atoms with Crippen molar-refractivity contribution in [2.24, 2.45) is 0 Å². The lowest BCUT2D eigenvalue weighted by Gasteiger charge is -2.24. The minimum Gasteiger partial charge on any atom is -0.376 e. The maximum Gasteiger partial charge on any atom is 0.283 e. The Balaban J connectivity index is 1.86. The summed E-state index contributed by atoms with van der Waals surface area (Å²) in [5, 5.41) is 3.21. The van der Waals surface area contributed by atoms with Gasteiger partial charge in [0, 0.05) is 6.04 Å². The molecule has 0 saturated heterocycles. The number of rotatable bonds is 3. The first-order valence-electron chi connectivity index (χ1n) is 8.11. The number of benzene rings is 1. The highest BCUT2D eigenvalue weighted by molar-refractivity contribution is 6.52. The molecule has 1 aromatic carbocycles. The van der Waals surface area contributed by atoms with Gasteiger partial charge in [-0.1, -0.05) is 36.9 Å². The Kier molecular flexibility index (Phi) is 4.44. The third-order valence-corrected chi connectivity index (χ3v) is 4.80. The van der Waals surface area contributed by atoms with E-state index in [-0.39, 0.29) is 22.7 Å². The van der Waals surface area contributed by atoms with E-state index in [1.165, 1.54) is 11.3 Å². The Bertz CT molecular complexity index is 670. The molecule has 2 aliphatic rings. The molecule has 1 heterocycles. The van der Waals surface area contributed by atoms with Crippen molar-refractivity contribution in [3.8, 4) is 0 Å². The zero-order chi connectivity index (χ0) is 16.6. The molecular formula is C18H21ClN2O2. The van der Waals surface area contributed by atoms with Gasteiger partial charge >= 0.3 is 0 Å². The average Bonchev–Trinajstić information content (AvgIpc) is 2.71. The van der Waals surface area contributed by atoms with Crippen LogP contribution in [0.1, 0.15) is 43.2 Å². The van der Waals surface area contributed by atoms with Crippen molar-refractivity contribution in [2.75, 3.05) is 4.90 Å². The third kappa shape index (κ3) is 3.13. The number of amides is 2. The van der Waals surface area contributed by atoms with Crippen LogP contribution in [0.2, 0.25) is 0 Å². The first-order chi connectivity index (χ1) is 11.0. The third-order valence-electron chi connectivity index (χ3n) is 4.45. The monoisotopic (exact) mass is 332 g/mol. The minimum absolute atomic E-state index is 0.000248. The molecule has 0 atom stereocenters. The van der Waals surface area contributed by atoms with Crippen molar-refractivity contribution in [3.63, 3.8) is 0 Å². The summed E-state index contributed by atoms with van der Waals surface area (Å²) in [7, 11) is 0. The van der Waals surface area contributed by atoms with Crippen LogP contribution in [0.4, 0.5) is 5.69 Å². The van der Waals surface area contributed by atoms with Gasteiger partial charge in [0.25, 0.3) is 11.8 Å². The van der Waals surface area contributed by atoms with Crippen LogP contribution < -0.4 is 10.2 Å². The number of hydrogen-bond donors (Lipinski definition) is 1. The van der Waals surface area contributed by atoms with Gasteiger partial charge in [-0.3, -0.25) is 9.59 Å². The first kappa shape index (κ1) is 16.1. The summed E-state index contributed by atoms with van der Waals surface area (Å²) in [4.78, 5) is 26.4.